The minimum atomic E-state index is 0.0485. The van der Waals surface area contributed by atoms with Gasteiger partial charge in [-0.2, -0.15) is 0 Å². The van der Waals surface area contributed by atoms with E-state index in [-0.39, 0.29) is 12.4 Å². The summed E-state index contributed by atoms with van der Waals surface area (Å²) in [7, 11) is 0. The van der Waals surface area contributed by atoms with Crippen LogP contribution in [0.1, 0.15) is 11.1 Å². The molecule has 0 spiro atoms. The van der Waals surface area contributed by atoms with Crippen molar-refractivity contribution >= 4 is 11.5 Å². The lowest BCUT2D eigenvalue weighted by Crippen LogP contribution is -2.09. The van der Waals surface area contributed by atoms with Gasteiger partial charge in [0.2, 0.25) is 0 Å². The third-order valence-corrected chi connectivity index (χ3v) is 3.94. The number of para-hydroxylation sites is 1. The molecule has 0 aliphatic rings. The van der Waals surface area contributed by atoms with Crippen molar-refractivity contribution < 1.29 is 10.2 Å². The number of hydrogen-bond donors (Lipinski definition) is 4. The van der Waals surface area contributed by atoms with Crippen molar-refractivity contribution in [2.75, 3.05) is 17.6 Å². The highest BCUT2D eigenvalue weighted by molar-refractivity contribution is 5.73. The van der Waals surface area contributed by atoms with Crippen LogP contribution in [0.15, 0.2) is 54.6 Å². The Bertz CT molecular complexity index is 850. The maximum absolute atomic E-state index is 9.95. The summed E-state index contributed by atoms with van der Waals surface area (Å²) in [5, 5.41) is 30.3. The third-order valence-electron chi connectivity index (χ3n) is 3.94. The zero-order valence-electron chi connectivity index (χ0n) is 13.7. The van der Waals surface area contributed by atoms with Crippen LogP contribution >= 0.6 is 0 Å². The van der Waals surface area contributed by atoms with Crippen LogP contribution in [-0.2, 0) is 13.0 Å². The molecule has 0 aliphatic carbocycles. The number of nitrogens with two attached hydrogens (primary N) is 1. The van der Waals surface area contributed by atoms with Gasteiger partial charge >= 0.3 is 0 Å². The van der Waals surface area contributed by atoms with Crippen LogP contribution in [0, 0.1) is 0 Å². The topological polar surface area (TPSA) is 104 Å². The van der Waals surface area contributed by atoms with E-state index in [1.807, 2.05) is 30.3 Å². The summed E-state index contributed by atoms with van der Waals surface area (Å²) >= 11 is 0. The number of benzene rings is 2. The standard InChI is InChI=1S/C19H20N4O2/c20-19-17(21-10-9-13-5-7-14(12-24)8-6-13)11-16(22-23-19)15-3-1-2-4-18(15)25/h1-8,11,24-25H,9-10,12H2,(H2,20,23)(H,21,22). The first-order valence-corrected chi connectivity index (χ1v) is 8.01. The Morgan fingerprint density at radius 1 is 0.960 bits per heavy atom. The van der Waals surface area contributed by atoms with Crippen molar-refractivity contribution in [3.63, 3.8) is 0 Å². The molecule has 3 aromatic rings. The number of nitrogens with one attached hydrogen (secondary N) is 1. The molecule has 0 bridgehead atoms. The summed E-state index contributed by atoms with van der Waals surface area (Å²) in [6.45, 7) is 0.724. The summed E-state index contributed by atoms with van der Waals surface area (Å²) in [5.41, 5.74) is 9.80. The van der Waals surface area contributed by atoms with E-state index in [9.17, 15) is 5.11 Å². The van der Waals surface area contributed by atoms with E-state index in [1.54, 1.807) is 24.3 Å². The lowest BCUT2D eigenvalue weighted by atomic mass is 10.1. The molecule has 0 amide bonds. The van der Waals surface area contributed by atoms with Crippen molar-refractivity contribution in [3.8, 4) is 17.0 Å². The molecule has 1 heterocycles. The SMILES string of the molecule is Nc1nnc(-c2ccccc2O)cc1NCCc1ccc(CO)cc1. The fraction of sp³-hybridized carbons (Fsp3) is 0.158. The lowest BCUT2D eigenvalue weighted by Gasteiger charge is -2.11. The van der Waals surface area contributed by atoms with Gasteiger partial charge in [-0.25, -0.2) is 0 Å². The predicted octanol–water partition coefficient (Wildman–Crippen LogP) is 2.58. The van der Waals surface area contributed by atoms with Crippen LogP contribution in [0.4, 0.5) is 11.5 Å². The number of hydrogen-bond acceptors (Lipinski definition) is 6. The van der Waals surface area contributed by atoms with E-state index >= 15 is 0 Å². The second kappa shape index (κ2) is 7.63. The molecule has 0 saturated heterocycles. The Kier molecular flexibility index (Phi) is 5.11. The first-order chi connectivity index (χ1) is 12.2. The van der Waals surface area contributed by atoms with E-state index in [1.165, 1.54) is 0 Å². The molecule has 0 aliphatic heterocycles. The van der Waals surface area contributed by atoms with Crippen LogP contribution in [0.5, 0.6) is 5.75 Å². The van der Waals surface area contributed by atoms with Crippen molar-refractivity contribution in [1.82, 2.24) is 10.2 Å². The molecule has 0 unspecified atom stereocenters. The molecule has 0 saturated carbocycles. The highest BCUT2D eigenvalue weighted by Crippen LogP contribution is 2.29. The number of aliphatic hydroxyl groups is 1. The smallest absolute Gasteiger partial charge is 0.169 e. The van der Waals surface area contributed by atoms with Gasteiger partial charge in [0.05, 0.1) is 18.0 Å². The van der Waals surface area contributed by atoms with Gasteiger partial charge in [-0.15, -0.1) is 10.2 Å². The predicted molar refractivity (Wildman–Crippen MR) is 98.1 cm³/mol. The van der Waals surface area contributed by atoms with Gasteiger partial charge in [0.15, 0.2) is 5.82 Å². The molecule has 0 atom stereocenters. The Labute approximate surface area is 146 Å². The number of nitrogen functional groups attached to an aromatic ring is 1. The molecule has 0 fully saturated rings. The molecule has 128 valence electrons. The van der Waals surface area contributed by atoms with E-state index in [0.717, 1.165) is 17.5 Å². The molecule has 6 heteroatoms. The third kappa shape index (κ3) is 4.05. The number of aromatic nitrogens is 2. The van der Waals surface area contributed by atoms with Gasteiger partial charge in [-0.05, 0) is 35.7 Å². The summed E-state index contributed by atoms with van der Waals surface area (Å²) in [6, 6.07) is 16.6. The molecule has 3 rings (SSSR count). The van der Waals surface area contributed by atoms with E-state index in [2.05, 4.69) is 15.5 Å². The second-order valence-electron chi connectivity index (χ2n) is 5.70. The normalized spacial score (nSPS) is 10.6. The number of rotatable bonds is 6. The van der Waals surface area contributed by atoms with Crippen molar-refractivity contribution in [2.45, 2.75) is 13.0 Å². The molecule has 5 N–H and O–H groups in total. The van der Waals surface area contributed by atoms with Gasteiger partial charge in [0.1, 0.15) is 5.75 Å². The zero-order chi connectivity index (χ0) is 17.6. The summed E-state index contributed by atoms with van der Waals surface area (Å²) in [4.78, 5) is 0. The number of phenolic OH excluding ortho intramolecular Hbond substituents is 1. The lowest BCUT2D eigenvalue weighted by molar-refractivity contribution is 0.282. The molecule has 25 heavy (non-hydrogen) atoms. The molecular weight excluding hydrogens is 316 g/mol. The van der Waals surface area contributed by atoms with Crippen molar-refractivity contribution in [2.24, 2.45) is 0 Å². The number of aliphatic hydroxyl groups excluding tert-OH is 1. The highest BCUT2D eigenvalue weighted by Gasteiger charge is 2.09. The first kappa shape index (κ1) is 16.7. The molecule has 2 aromatic carbocycles. The molecular formula is C19H20N4O2. The van der Waals surface area contributed by atoms with Crippen LogP contribution in [0.3, 0.4) is 0 Å². The monoisotopic (exact) mass is 336 g/mol. The summed E-state index contributed by atoms with van der Waals surface area (Å²) in [6.07, 6.45) is 0.805. The average molecular weight is 336 g/mol. The fourth-order valence-corrected chi connectivity index (χ4v) is 2.52. The van der Waals surface area contributed by atoms with Gasteiger partial charge in [-0.3, -0.25) is 0 Å². The molecule has 0 radical (unpaired) electrons. The van der Waals surface area contributed by atoms with Crippen LogP contribution < -0.4 is 11.1 Å². The molecule has 6 nitrogen and oxygen atoms in total. The van der Waals surface area contributed by atoms with E-state index < -0.39 is 0 Å². The highest BCUT2D eigenvalue weighted by atomic mass is 16.3. The first-order valence-electron chi connectivity index (χ1n) is 8.01. The quantitative estimate of drug-likeness (QED) is 0.551. The van der Waals surface area contributed by atoms with Crippen LogP contribution in [0.25, 0.3) is 11.3 Å². The van der Waals surface area contributed by atoms with Crippen molar-refractivity contribution in [3.05, 3.63) is 65.7 Å². The van der Waals surface area contributed by atoms with Gasteiger partial charge in [-0.1, -0.05) is 36.4 Å². The number of phenols is 1. The zero-order valence-corrected chi connectivity index (χ0v) is 13.7. The maximum Gasteiger partial charge on any atom is 0.169 e. The Morgan fingerprint density at radius 2 is 1.68 bits per heavy atom. The Balaban J connectivity index is 1.69. The van der Waals surface area contributed by atoms with Gasteiger partial charge in [0, 0.05) is 12.1 Å². The number of aromatic hydroxyl groups is 1. The summed E-state index contributed by atoms with van der Waals surface area (Å²) < 4.78 is 0. The summed E-state index contributed by atoms with van der Waals surface area (Å²) in [5.74, 6) is 0.464. The average Bonchev–Trinajstić information content (AvgIpc) is 2.64. The Hall–Kier alpha value is -3.12. The van der Waals surface area contributed by atoms with E-state index in [4.69, 9.17) is 10.8 Å². The second-order valence-corrected chi connectivity index (χ2v) is 5.70. The fourth-order valence-electron chi connectivity index (χ4n) is 2.52. The minimum absolute atomic E-state index is 0.0485. The Morgan fingerprint density at radius 3 is 2.40 bits per heavy atom. The van der Waals surface area contributed by atoms with Crippen molar-refractivity contribution in [1.29, 1.82) is 0 Å². The van der Waals surface area contributed by atoms with Crippen LogP contribution in [0.2, 0.25) is 0 Å². The van der Waals surface area contributed by atoms with E-state index in [0.29, 0.717) is 29.3 Å². The maximum atomic E-state index is 9.95. The minimum Gasteiger partial charge on any atom is -0.507 e. The largest absolute Gasteiger partial charge is 0.507 e. The number of nitrogens with zero attached hydrogens (tertiary/aromatic N) is 2. The molecule has 1 aromatic heterocycles. The van der Waals surface area contributed by atoms with Gasteiger partial charge in [0.25, 0.3) is 0 Å². The van der Waals surface area contributed by atoms with Gasteiger partial charge < -0.3 is 21.3 Å². The van der Waals surface area contributed by atoms with Crippen LogP contribution in [-0.4, -0.2) is 27.0 Å². The number of anilines is 2.